The standard InChI is InChI=1S/C12H14BrN3O2/c1-8-9(7-15-16-8)3-2-6-14-12(17)10-4-5-11(13)18-10/h4-5,7H,2-3,6H2,1H3,(H,14,17)(H,15,16). The molecule has 2 aromatic heterocycles. The number of hydrogen-bond acceptors (Lipinski definition) is 3. The van der Waals surface area contributed by atoms with Crippen molar-refractivity contribution >= 4 is 21.8 Å². The third-order valence-corrected chi connectivity index (χ3v) is 3.07. The Labute approximate surface area is 113 Å². The van der Waals surface area contributed by atoms with E-state index in [1.807, 2.05) is 13.1 Å². The van der Waals surface area contributed by atoms with E-state index in [4.69, 9.17) is 4.42 Å². The van der Waals surface area contributed by atoms with Gasteiger partial charge in [-0.05, 0) is 53.4 Å². The van der Waals surface area contributed by atoms with E-state index < -0.39 is 0 Å². The second-order valence-electron chi connectivity index (χ2n) is 3.98. The van der Waals surface area contributed by atoms with E-state index in [9.17, 15) is 4.79 Å². The molecule has 0 aromatic carbocycles. The van der Waals surface area contributed by atoms with Gasteiger partial charge in [0.05, 0.1) is 6.20 Å². The molecule has 1 amide bonds. The van der Waals surface area contributed by atoms with E-state index in [0.29, 0.717) is 17.0 Å². The van der Waals surface area contributed by atoms with Crippen LogP contribution in [-0.2, 0) is 6.42 Å². The largest absolute Gasteiger partial charge is 0.444 e. The molecule has 18 heavy (non-hydrogen) atoms. The molecule has 0 bridgehead atoms. The number of nitrogens with zero attached hydrogens (tertiary/aromatic N) is 1. The van der Waals surface area contributed by atoms with E-state index in [-0.39, 0.29) is 5.91 Å². The number of hydrogen-bond donors (Lipinski definition) is 2. The summed E-state index contributed by atoms with van der Waals surface area (Å²) in [6.07, 6.45) is 3.58. The highest BCUT2D eigenvalue weighted by molar-refractivity contribution is 9.10. The van der Waals surface area contributed by atoms with Gasteiger partial charge in [-0.1, -0.05) is 0 Å². The first-order chi connectivity index (χ1) is 8.66. The molecular formula is C12H14BrN3O2. The zero-order valence-corrected chi connectivity index (χ0v) is 11.6. The lowest BCUT2D eigenvalue weighted by atomic mass is 10.1. The summed E-state index contributed by atoms with van der Waals surface area (Å²) in [7, 11) is 0. The number of H-pyrrole nitrogens is 1. The maximum absolute atomic E-state index is 11.6. The summed E-state index contributed by atoms with van der Waals surface area (Å²) < 4.78 is 5.71. The smallest absolute Gasteiger partial charge is 0.287 e. The highest BCUT2D eigenvalue weighted by Crippen LogP contribution is 2.13. The summed E-state index contributed by atoms with van der Waals surface area (Å²) in [6, 6.07) is 3.34. The van der Waals surface area contributed by atoms with Crippen molar-refractivity contribution in [1.29, 1.82) is 0 Å². The van der Waals surface area contributed by atoms with Crippen LogP contribution in [0.25, 0.3) is 0 Å². The number of furan rings is 1. The summed E-state index contributed by atoms with van der Waals surface area (Å²) in [4.78, 5) is 11.6. The molecule has 2 heterocycles. The van der Waals surface area contributed by atoms with Crippen molar-refractivity contribution in [2.24, 2.45) is 0 Å². The molecule has 2 N–H and O–H groups in total. The second kappa shape index (κ2) is 5.86. The summed E-state index contributed by atoms with van der Waals surface area (Å²) in [5.74, 6) is 0.131. The number of nitrogens with one attached hydrogen (secondary N) is 2. The van der Waals surface area contributed by atoms with Gasteiger partial charge in [0.2, 0.25) is 0 Å². The molecule has 0 aliphatic rings. The van der Waals surface area contributed by atoms with Gasteiger partial charge in [-0.15, -0.1) is 0 Å². The Morgan fingerprint density at radius 2 is 2.39 bits per heavy atom. The van der Waals surface area contributed by atoms with Gasteiger partial charge in [0, 0.05) is 12.2 Å². The molecule has 2 rings (SSSR count). The Bertz CT molecular complexity index is 533. The van der Waals surface area contributed by atoms with Gasteiger partial charge in [-0.25, -0.2) is 0 Å². The van der Waals surface area contributed by atoms with Gasteiger partial charge in [0.25, 0.3) is 5.91 Å². The molecule has 2 aromatic rings. The first-order valence-electron chi connectivity index (χ1n) is 5.69. The lowest BCUT2D eigenvalue weighted by molar-refractivity contribution is 0.0924. The fourth-order valence-corrected chi connectivity index (χ4v) is 1.94. The summed E-state index contributed by atoms with van der Waals surface area (Å²) >= 11 is 3.16. The molecule has 0 fully saturated rings. The van der Waals surface area contributed by atoms with Crippen LogP contribution in [-0.4, -0.2) is 22.6 Å². The Morgan fingerprint density at radius 1 is 1.56 bits per heavy atom. The number of carbonyl (C=O) groups excluding carboxylic acids is 1. The minimum absolute atomic E-state index is 0.190. The van der Waals surface area contributed by atoms with Crippen molar-refractivity contribution in [3.63, 3.8) is 0 Å². The third-order valence-electron chi connectivity index (χ3n) is 2.64. The monoisotopic (exact) mass is 311 g/mol. The van der Waals surface area contributed by atoms with Gasteiger partial charge >= 0.3 is 0 Å². The number of aryl methyl sites for hydroxylation is 2. The molecule has 5 nitrogen and oxygen atoms in total. The van der Waals surface area contributed by atoms with Crippen LogP contribution in [0.5, 0.6) is 0 Å². The topological polar surface area (TPSA) is 70.9 Å². The Kier molecular flexibility index (Phi) is 4.19. The van der Waals surface area contributed by atoms with Crippen molar-refractivity contribution < 1.29 is 9.21 Å². The van der Waals surface area contributed by atoms with Crippen LogP contribution in [0.1, 0.15) is 28.2 Å². The maximum atomic E-state index is 11.6. The molecule has 0 atom stereocenters. The van der Waals surface area contributed by atoms with Gasteiger partial charge in [0.1, 0.15) is 0 Å². The number of rotatable bonds is 5. The summed E-state index contributed by atoms with van der Waals surface area (Å²) in [6.45, 7) is 2.60. The number of halogens is 1. The average molecular weight is 312 g/mol. The first kappa shape index (κ1) is 12.9. The van der Waals surface area contributed by atoms with Crippen LogP contribution in [0.15, 0.2) is 27.4 Å². The van der Waals surface area contributed by atoms with Gasteiger partial charge in [0.15, 0.2) is 10.4 Å². The fraction of sp³-hybridized carbons (Fsp3) is 0.333. The molecule has 6 heteroatoms. The Balaban J connectivity index is 1.73. The zero-order valence-electron chi connectivity index (χ0n) is 10.00. The van der Waals surface area contributed by atoms with Crippen LogP contribution in [0.3, 0.4) is 0 Å². The van der Waals surface area contributed by atoms with Gasteiger partial charge < -0.3 is 9.73 Å². The lowest BCUT2D eigenvalue weighted by Crippen LogP contribution is -2.24. The normalized spacial score (nSPS) is 10.6. The van der Waals surface area contributed by atoms with E-state index in [0.717, 1.165) is 18.5 Å². The SMILES string of the molecule is Cc1[nH]ncc1CCCNC(=O)c1ccc(Br)o1. The van der Waals surface area contributed by atoms with Crippen molar-refractivity contribution in [3.05, 3.63) is 40.0 Å². The maximum Gasteiger partial charge on any atom is 0.287 e. The van der Waals surface area contributed by atoms with Crippen molar-refractivity contribution in [2.45, 2.75) is 19.8 Å². The molecule has 0 saturated heterocycles. The molecular weight excluding hydrogens is 298 g/mol. The highest BCUT2D eigenvalue weighted by Gasteiger charge is 2.09. The average Bonchev–Trinajstić information content (AvgIpc) is 2.94. The van der Waals surface area contributed by atoms with Crippen LogP contribution in [0, 0.1) is 6.92 Å². The number of amides is 1. The predicted octanol–water partition coefficient (Wildman–Crippen LogP) is 2.44. The summed E-state index contributed by atoms with van der Waals surface area (Å²) in [5, 5.41) is 9.65. The molecule has 0 aliphatic heterocycles. The van der Waals surface area contributed by atoms with Gasteiger partial charge in [-0.3, -0.25) is 9.89 Å². The van der Waals surface area contributed by atoms with E-state index >= 15 is 0 Å². The lowest BCUT2D eigenvalue weighted by Gasteiger charge is -2.02. The van der Waals surface area contributed by atoms with Crippen molar-refractivity contribution in [1.82, 2.24) is 15.5 Å². The quantitative estimate of drug-likeness (QED) is 0.833. The molecule has 0 radical (unpaired) electrons. The third kappa shape index (κ3) is 3.22. The van der Waals surface area contributed by atoms with Crippen LogP contribution in [0.4, 0.5) is 0 Å². The van der Waals surface area contributed by atoms with Crippen LogP contribution in [0.2, 0.25) is 0 Å². The molecule has 0 unspecified atom stereocenters. The van der Waals surface area contributed by atoms with Crippen LogP contribution < -0.4 is 5.32 Å². The Hall–Kier alpha value is -1.56. The number of carbonyl (C=O) groups is 1. The highest BCUT2D eigenvalue weighted by atomic mass is 79.9. The molecule has 0 aliphatic carbocycles. The number of aromatic nitrogens is 2. The zero-order chi connectivity index (χ0) is 13.0. The molecule has 96 valence electrons. The summed E-state index contributed by atoms with van der Waals surface area (Å²) in [5.41, 5.74) is 2.27. The van der Waals surface area contributed by atoms with Crippen molar-refractivity contribution in [3.8, 4) is 0 Å². The van der Waals surface area contributed by atoms with E-state index in [1.54, 1.807) is 12.1 Å². The van der Waals surface area contributed by atoms with Crippen LogP contribution >= 0.6 is 15.9 Å². The number of aromatic amines is 1. The van der Waals surface area contributed by atoms with Crippen molar-refractivity contribution in [2.75, 3.05) is 6.54 Å². The van der Waals surface area contributed by atoms with Gasteiger partial charge in [-0.2, -0.15) is 5.10 Å². The fourth-order valence-electron chi connectivity index (χ4n) is 1.63. The second-order valence-corrected chi connectivity index (χ2v) is 4.77. The molecule has 0 saturated carbocycles. The van der Waals surface area contributed by atoms with E-state index in [2.05, 4.69) is 31.4 Å². The Morgan fingerprint density at radius 3 is 3.00 bits per heavy atom. The minimum atomic E-state index is -0.190. The minimum Gasteiger partial charge on any atom is -0.444 e. The molecule has 0 spiro atoms. The predicted molar refractivity (Wildman–Crippen MR) is 70.4 cm³/mol. The first-order valence-corrected chi connectivity index (χ1v) is 6.48. The van der Waals surface area contributed by atoms with E-state index in [1.165, 1.54) is 5.56 Å².